The summed E-state index contributed by atoms with van der Waals surface area (Å²) < 4.78 is 13.8. The van der Waals surface area contributed by atoms with E-state index in [1.807, 2.05) is 54.6 Å². The molecule has 0 aliphatic carbocycles. The molecule has 1 aliphatic heterocycles. The first-order chi connectivity index (χ1) is 22.4. The number of nitriles is 2. The first kappa shape index (κ1) is 30.8. The lowest BCUT2D eigenvalue weighted by Crippen LogP contribution is -2.38. The van der Waals surface area contributed by atoms with Crippen molar-refractivity contribution in [2.24, 2.45) is 5.73 Å². The maximum absolute atomic E-state index is 13.5. The second kappa shape index (κ2) is 13.4. The van der Waals surface area contributed by atoms with Crippen LogP contribution in [-0.4, -0.2) is 4.57 Å². The summed E-state index contributed by atoms with van der Waals surface area (Å²) in [4.78, 5) is 13.5. The Morgan fingerprint density at radius 1 is 0.783 bits per heavy atom. The highest BCUT2D eigenvalue weighted by atomic mass is 35.5. The van der Waals surface area contributed by atoms with Crippen LogP contribution in [0.1, 0.15) is 28.2 Å². The van der Waals surface area contributed by atoms with Gasteiger partial charge in [-0.25, -0.2) is 0 Å². The van der Waals surface area contributed by atoms with E-state index in [9.17, 15) is 15.3 Å². The number of nitrogens with zero attached hydrogens (tertiary/aromatic N) is 3. The zero-order chi connectivity index (χ0) is 32.2. The van der Waals surface area contributed by atoms with Crippen molar-refractivity contribution >= 4 is 52.0 Å². The van der Waals surface area contributed by atoms with E-state index < -0.39 is 11.5 Å². The van der Waals surface area contributed by atoms with Crippen molar-refractivity contribution in [3.8, 4) is 23.6 Å². The maximum atomic E-state index is 13.5. The average Bonchev–Trinajstić information content (AvgIpc) is 3.40. The first-order valence-electron chi connectivity index (χ1n) is 14.1. The van der Waals surface area contributed by atoms with E-state index >= 15 is 0 Å². The molecule has 1 aromatic heterocycles. The Bertz CT molecular complexity index is 2240. The van der Waals surface area contributed by atoms with Gasteiger partial charge in [0.15, 0.2) is 0 Å². The van der Waals surface area contributed by atoms with Crippen LogP contribution in [-0.2, 0) is 13.2 Å². The Labute approximate surface area is 278 Å². The van der Waals surface area contributed by atoms with Gasteiger partial charge < -0.3 is 15.2 Å². The molecule has 0 spiro atoms. The van der Waals surface area contributed by atoms with Gasteiger partial charge in [-0.2, -0.15) is 10.5 Å². The summed E-state index contributed by atoms with van der Waals surface area (Å²) >= 11 is 13.6. The molecular weight excluding hydrogens is 639 g/mol. The van der Waals surface area contributed by atoms with Crippen LogP contribution in [0.3, 0.4) is 0 Å². The van der Waals surface area contributed by atoms with Crippen LogP contribution in [0.2, 0.25) is 10.0 Å². The Morgan fingerprint density at radius 2 is 1.30 bits per heavy atom. The summed E-state index contributed by atoms with van der Waals surface area (Å²) in [5, 5.41) is 21.7. The predicted molar refractivity (Wildman–Crippen MR) is 181 cm³/mol. The number of fused-ring (bicyclic) bond motifs is 1. The number of thiazole rings is 1. The highest BCUT2D eigenvalue weighted by Crippen LogP contribution is 2.36. The van der Waals surface area contributed by atoms with Gasteiger partial charge in [-0.1, -0.05) is 83.9 Å². The third-order valence-corrected chi connectivity index (χ3v) is 9.33. The largest absolute Gasteiger partial charge is 0.489 e. The van der Waals surface area contributed by atoms with E-state index in [2.05, 4.69) is 12.1 Å². The molecule has 0 saturated carbocycles. The van der Waals surface area contributed by atoms with Crippen LogP contribution in [0, 0.1) is 22.7 Å². The molecule has 1 aliphatic rings. The van der Waals surface area contributed by atoms with Gasteiger partial charge in [-0.15, -0.1) is 11.3 Å². The fourth-order valence-corrected chi connectivity index (χ4v) is 6.61. The van der Waals surface area contributed by atoms with Crippen LogP contribution in [0.15, 0.2) is 107 Å². The van der Waals surface area contributed by atoms with Crippen LogP contribution in [0.5, 0.6) is 11.5 Å². The highest BCUT2D eigenvalue weighted by Gasteiger charge is 2.32. The van der Waals surface area contributed by atoms with Gasteiger partial charge in [0.25, 0.3) is 5.56 Å². The molecule has 226 valence electrons. The van der Waals surface area contributed by atoms with Crippen LogP contribution in [0.25, 0.3) is 17.5 Å². The summed E-state index contributed by atoms with van der Waals surface area (Å²) in [5.74, 6) is 0.504. The Morgan fingerprint density at radius 3 is 1.83 bits per heavy atom. The van der Waals surface area contributed by atoms with E-state index in [1.165, 1.54) is 4.57 Å². The molecule has 0 unspecified atom stereocenters. The van der Waals surface area contributed by atoms with E-state index in [4.69, 9.17) is 38.4 Å². The number of halogens is 2. The van der Waals surface area contributed by atoms with Gasteiger partial charge >= 0.3 is 0 Å². The van der Waals surface area contributed by atoms with Gasteiger partial charge in [-0.05, 0) is 53.6 Å². The highest BCUT2D eigenvalue weighted by molar-refractivity contribution is 7.07. The molecule has 1 atom stereocenters. The average molecular weight is 664 g/mol. The van der Waals surface area contributed by atoms with E-state index in [0.29, 0.717) is 42.9 Å². The molecule has 46 heavy (non-hydrogen) atoms. The molecule has 7 nitrogen and oxygen atoms in total. The van der Waals surface area contributed by atoms with Crippen LogP contribution < -0.4 is 30.0 Å². The van der Waals surface area contributed by atoms with Crippen molar-refractivity contribution in [1.82, 2.24) is 4.57 Å². The lowest BCUT2D eigenvalue weighted by molar-refractivity contribution is 0.306. The molecule has 2 heterocycles. The van der Waals surface area contributed by atoms with Gasteiger partial charge in [0.05, 0.1) is 33.7 Å². The first-order valence-corrected chi connectivity index (χ1v) is 15.7. The topological polar surface area (TPSA) is 114 Å². The van der Waals surface area contributed by atoms with Crippen molar-refractivity contribution in [2.75, 3.05) is 0 Å². The van der Waals surface area contributed by atoms with Gasteiger partial charge in [0, 0.05) is 21.2 Å². The molecule has 5 aromatic rings. The minimum atomic E-state index is -0.743. The number of benzene rings is 4. The molecule has 0 fully saturated rings. The zero-order valence-corrected chi connectivity index (χ0v) is 26.4. The van der Waals surface area contributed by atoms with Crippen molar-refractivity contribution in [2.45, 2.75) is 19.1 Å². The quantitative estimate of drug-likeness (QED) is 0.208. The summed E-state index contributed by atoms with van der Waals surface area (Å²) in [6.07, 6.45) is 1.73. The molecule has 0 bridgehead atoms. The zero-order valence-electron chi connectivity index (χ0n) is 24.1. The van der Waals surface area contributed by atoms with E-state index in [1.54, 1.807) is 48.5 Å². The van der Waals surface area contributed by atoms with Gasteiger partial charge in [-0.3, -0.25) is 9.36 Å². The van der Waals surface area contributed by atoms with E-state index in [0.717, 1.165) is 28.0 Å². The third-order valence-electron chi connectivity index (χ3n) is 7.48. The molecule has 2 N–H and O–H groups in total. The number of allylic oxidation sites excluding steroid dienone is 1. The SMILES string of the molecule is N#CC1=C(N)n2c(s/c(=C/c3ccc(OCc4ccccc4Cl)cc3)c2=O)=C(C#N)[C@H]1c1ccc(OCc2ccccc2Cl)cc1. The second-order valence-electron chi connectivity index (χ2n) is 10.3. The summed E-state index contributed by atoms with van der Waals surface area (Å²) in [7, 11) is 0. The molecular formula is C36H24Cl2N4O3S. The maximum Gasteiger partial charge on any atom is 0.274 e. The van der Waals surface area contributed by atoms with Crippen molar-refractivity contribution < 1.29 is 9.47 Å². The Kier molecular flexibility index (Phi) is 8.96. The molecule has 10 heteroatoms. The van der Waals surface area contributed by atoms with Crippen molar-refractivity contribution in [3.63, 3.8) is 0 Å². The predicted octanol–water partition coefficient (Wildman–Crippen LogP) is 6.33. The molecule has 0 radical (unpaired) electrons. The van der Waals surface area contributed by atoms with Crippen molar-refractivity contribution in [3.05, 3.63) is 154 Å². The third kappa shape index (κ3) is 6.15. The minimum absolute atomic E-state index is 0.00441. The monoisotopic (exact) mass is 662 g/mol. The smallest absolute Gasteiger partial charge is 0.274 e. The lowest BCUT2D eigenvalue weighted by Gasteiger charge is -2.22. The molecule has 6 rings (SSSR count). The second-order valence-corrected chi connectivity index (χ2v) is 12.2. The minimum Gasteiger partial charge on any atom is -0.489 e. The lowest BCUT2D eigenvalue weighted by atomic mass is 9.84. The standard InChI is InChI=1S/C36H24Cl2N4O3S/c37-30-7-3-1-5-24(30)20-44-26-13-9-22(10-14-26)17-32-35(43)42-34(41)28(18-39)33(29(19-40)36(42)46-32)23-11-15-27(16-12-23)45-21-25-6-2-4-8-31(25)38/h1-17,33H,20-21,41H2/b32-17+/t33-/m0/s1. The van der Waals surface area contributed by atoms with Gasteiger partial charge in [0.1, 0.15) is 35.2 Å². The summed E-state index contributed by atoms with van der Waals surface area (Å²) in [6.45, 7) is 0.605. The fraction of sp³-hybridized carbons (Fsp3) is 0.0833. The van der Waals surface area contributed by atoms with Crippen LogP contribution >= 0.6 is 34.5 Å². The normalized spacial score (nSPS) is 14.4. The molecule has 0 saturated heterocycles. The number of rotatable bonds is 8. The number of nitrogens with two attached hydrogens (primary N) is 1. The Balaban J connectivity index is 1.29. The van der Waals surface area contributed by atoms with Gasteiger partial charge in [0.2, 0.25) is 0 Å². The summed E-state index contributed by atoms with van der Waals surface area (Å²) in [6, 6.07) is 33.7. The molecule has 4 aromatic carbocycles. The summed E-state index contributed by atoms with van der Waals surface area (Å²) in [5.41, 5.74) is 9.59. The van der Waals surface area contributed by atoms with E-state index in [-0.39, 0.29) is 23.6 Å². The number of hydrogen-bond donors (Lipinski definition) is 1. The number of ether oxygens (including phenoxy) is 2. The Hall–Kier alpha value is -5.25. The fourth-order valence-electron chi connectivity index (χ4n) is 5.11. The number of aromatic nitrogens is 1. The number of hydrogen-bond acceptors (Lipinski definition) is 7. The molecule has 0 amide bonds. The van der Waals surface area contributed by atoms with Crippen LogP contribution in [0.4, 0.5) is 0 Å². The van der Waals surface area contributed by atoms with Crippen molar-refractivity contribution in [1.29, 1.82) is 10.5 Å².